The van der Waals surface area contributed by atoms with Crippen LogP contribution in [-0.4, -0.2) is 32.5 Å². The topological polar surface area (TPSA) is 117 Å². The number of amides is 1. The molecule has 0 aliphatic carbocycles. The number of nitrogens with zero attached hydrogens (tertiary/aromatic N) is 2. The van der Waals surface area contributed by atoms with Crippen molar-refractivity contribution in [1.82, 2.24) is 15.2 Å². The van der Waals surface area contributed by atoms with E-state index in [0.717, 1.165) is 5.56 Å². The number of carbonyl (C=O) groups is 2. The van der Waals surface area contributed by atoms with Gasteiger partial charge in [0.15, 0.2) is 0 Å². The van der Waals surface area contributed by atoms with Crippen LogP contribution >= 0.6 is 0 Å². The van der Waals surface area contributed by atoms with Gasteiger partial charge >= 0.3 is 5.97 Å². The normalized spacial score (nSPS) is 12.0. The first-order valence-electron chi connectivity index (χ1n) is 10.1. The van der Waals surface area contributed by atoms with Crippen molar-refractivity contribution in [2.24, 2.45) is 5.10 Å². The number of H-pyrrole nitrogens is 1. The van der Waals surface area contributed by atoms with E-state index in [1.54, 1.807) is 13.8 Å². The van der Waals surface area contributed by atoms with Crippen LogP contribution in [0.3, 0.4) is 0 Å². The van der Waals surface area contributed by atoms with E-state index in [0.29, 0.717) is 22.7 Å². The first kappa shape index (κ1) is 22.7. The van der Waals surface area contributed by atoms with Crippen molar-refractivity contribution >= 4 is 17.6 Å². The number of aryl methyl sites for hydroxylation is 1. The Hall–Kier alpha value is -3.94. The summed E-state index contributed by atoms with van der Waals surface area (Å²) in [5.41, 5.74) is 5.41. The number of carbonyl (C=O) groups excluding carboxylic acids is 1. The zero-order valence-corrected chi connectivity index (χ0v) is 18.7. The van der Waals surface area contributed by atoms with Crippen LogP contribution in [0, 0.1) is 6.92 Å². The van der Waals surface area contributed by atoms with E-state index in [-0.39, 0.29) is 22.1 Å². The third-order valence-corrected chi connectivity index (χ3v) is 5.12. The molecule has 166 valence electrons. The third kappa shape index (κ3) is 4.69. The van der Waals surface area contributed by atoms with Gasteiger partial charge in [-0.3, -0.25) is 14.7 Å². The van der Waals surface area contributed by atoms with Gasteiger partial charge in [0, 0.05) is 11.3 Å². The van der Waals surface area contributed by atoms with E-state index in [2.05, 4.69) is 36.4 Å². The van der Waals surface area contributed by atoms with Gasteiger partial charge < -0.3 is 5.11 Å². The van der Waals surface area contributed by atoms with Gasteiger partial charge in [0.05, 0.1) is 22.5 Å². The van der Waals surface area contributed by atoms with Crippen LogP contribution in [0.4, 0.5) is 0 Å². The molecule has 0 aliphatic rings. The number of aromatic carboxylic acids is 1. The molecular weight excluding hydrogens is 408 g/mol. The Morgan fingerprint density at radius 2 is 1.69 bits per heavy atom. The summed E-state index contributed by atoms with van der Waals surface area (Å²) in [6.07, 6.45) is 0. The summed E-state index contributed by atoms with van der Waals surface area (Å²) < 4.78 is 1.44. The van der Waals surface area contributed by atoms with E-state index in [4.69, 9.17) is 5.11 Å². The number of aromatic nitrogens is 2. The average molecular weight is 434 g/mol. The highest BCUT2D eigenvalue weighted by molar-refractivity contribution is 6.02. The Morgan fingerprint density at radius 1 is 1.06 bits per heavy atom. The van der Waals surface area contributed by atoms with Crippen molar-refractivity contribution in [3.8, 4) is 5.69 Å². The summed E-state index contributed by atoms with van der Waals surface area (Å²) in [5, 5.41) is 16.2. The summed E-state index contributed by atoms with van der Waals surface area (Å²) in [5.74, 6) is -1.70. The van der Waals surface area contributed by atoms with Crippen LogP contribution in [0.25, 0.3) is 5.69 Å². The molecule has 0 spiro atoms. The fraction of sp³-hybridized carbons (Fsp3) is 0.250. The lowest BCUT2D eigenvalue weighted by atomic mass is 9.87. The van der Waals surface area contributed by atoms with E-state index in [1.807, 2.05) is 24.3 Å². The van der Waals surface area contributed by atoms with Crippen molar-refractivity contribution in [3.05, 3.63) is 86.8 Å². The van der Waals surface area contributed by atoms with Crippen LogP contribution in [0.5, 0.6) is 0 Å². The highest BCUT2D eigenvalue weighted by atomic mass is 16.4. The van der Waals surface area contributed by atoms with E-state index < -0.39 is 11.9 Å². The Labute approximate surface area is 185 Å². The highest BCUT2D eigenvalue weighted by Gasteiger charge is 2.17. The SMILES string of the molecule is C/C(=N/NC(=O)c1cccc(C(=O)O)c1)c1c(C)[nH]n(-c2ccc(C(C)(C)C)cc2)c1=O. The van der Waals surface area contributed by atoms with Gasteiger partial charge in [-0.1, -0.05) is 39.0 Å². The second-order valence-corrected chi connectivity index (χ2v) is 8.57. The number of hydrazone groups is 1. The smallest absolute Gasteiger partial charge is 0.335 e. The van der Waals surface area contributed by atoms with Gasteiger partial charge in [0.2, 0.25) is 0 Å². The number of carboxylic acids is 1. The first-order chi connectivity index (χ1) is 15.0. The number of aromatic amines is 1. The lowest BCUT2D eigenvalue weighted by molar-refractivity contribution is 0.0697. The first-order valence-corrected chi connectivity index (χ1v) is 10.1. The predicted molar refractivity (Wildman–Crippen MR) is 123 cm³/mol. The molecule has 1 aromatic heterocycles. The molecule has 8 nitrogen and oxygen atoms in total. The standard InChI is InChI=1S/C24H26N4O4/c1-14(25-26-21(29)16-7-6-8-17(13-16)23(31)32)20-15(2)27-28(22(20)30)19-11-9-18(10-12-19)24(3,4)5/h6-13,27H,1-5H3,(H,26,29)(H,31,32)/b25-14-. The molecule has 3 rings (SSSR count). The molecule has 2 aromatic carbocycles. The van der Waals surface area contributed by atoms with Crippen LogP contribution in [0.2, 0.25) is 0 Å². The van der Waals surface area contributed by atoms with Gasteiger partial charge in [0.1, 0.15) is 0 Å². The van der Waals surface area contributed by atoms with Gasteiger partial charge in [-0.25, -0.2) is 14.9 Å². The molecule has 1 heterocycles. The van der Waals surface area contributed by atoms with Crippen molar-refractivity contribution in [2.45, 2.75) is 40.0 Å². The maximum Gasteiger partial charge on any atom is 0.335 e. The fourth-order valence-corrected chi connectivity index (χ4v) is 3.31. The lowest BCUT2D eigenvalue weighted by Gasteiger charge is -2.19. The van der Waals surface area contributed by atoms with Gasteiger partial charge in [-0.15, -0.1) is 0 Å². The fourth-order valence-electron chi connectivity index (χ4n) is 3.31. The van der Waals surface area contributed by atoms with Gasteiger partial charge in [-0.05, 0) is 55.2 Å². The number of nitrogens with one attached hydrogen (secondary N) is 2. The van der Waals surface area contributed by atoms with E-state index in [9.17, 15) is 14.4 Å². The third-order valence-electron chi connectivity index (χ3n) is 5.12. The molecule has 3 N–H and O–H groups in total. The molecule has 0 aliphatic heterocycles. The molecule has 32 heavy (non-hydrogen) atoms. The second-order valence-electron chi connectivity index (χ2n) is 8.57. The number of hydrogen-bond donors (Lipinski definition) is 3. The minimum absolute atomic E-state index is 0.000181. The zero-order chi connectivity index (χ0) is 23.6. The number of rotatable bonds is 5. The molecule has 0 radical (unpaired) electrons. The molecule has 0 saturated heterocycles. The van der Waals surface area contributed by atoms with Crippen molar-refractivity contribution in [1.29, 1.82) is 0 Å². The Balaban J connectivity index is 1.85. The Kier molecular flexibility index (Phi) is 6.16. The summed E-state index contributed by atoms with van der Waals surface area (Å²) >= 11 is 0. The molecule has 0 unspecified atom stereocenters. The minimum atomic E-state index is -1.13. The lowest BCUT2D eigenvalue weighted by Crippen LogP contribution is -2.23. The van der Waals surface area contributed by atoms with Crippen LogP contribution in [0.15, 0.2) is 58.4 Å². The second kappa shape index (κ2) is 8.66. The molecule has 0 fully saturated rings. The summed E-state index contributed by atoms with van der Waals surface area (Å²) in [6.45, 7) is 9.75. The summed E-state index contributed by atoms with van der Waals surface area (Å²) in [6, 6.07) is 13.4. The maximum atomic E-state index is 13.0. The van der Waals surface area contributed by atoms with Crippen LogP contribution < -0.4 is 11.0 Å². The maximum absolute atomic E-state index is 13.0. The van der Waals surface area contributed by atoms with Crippen LogP contribution in [0.1, 0.15) is 65.2 Å². The number of benzene rings is 2. The average Bonchev–Trinajstić information content (AvgIpc) is 3.05. The molecule has 0 saturated carbocycles. The Bertz CT molecular complexity index is 1260. The molecule has 8 heteroatoms. The summed E-state index contributed by atoms with van der Waals surface area (Å²) in [7, 11) is 0. The van der Waals surface area contributed by atoms with Crippen molar-refractivity contribution in [2.75, 3.05) is 0 Å². The Morgan fingerprint density at radius 3 is 2.28 bits per heavy atom. The molecule has 1 amide bonds. The van der Waals surface area contributed by atoms with Crippen molar-refractivity contribution < 1.29 is 14.7 Å². The summed E-state index contributed by atoms with van der Waals surface area (Å²) in [4.78, 5) is 36.5. The molecule has 0 bridgehead atoms. The minimum Gasteiger partial charge on any atom is -0.478 e. The molecule has 0 atom stereocenters. The zero-order valence-electron chi connectivity index (χ0n) is 18.7. The number of hydrogen-bond acceptors (Lipinski definition) is 4. The van der Waals surface area contributed by atoms with Crippen LogP contribution in [-0.2, 0) is 5.41 Å². The van der Waals surface area contributed by atoms with Gasteiger partial charge in [0.25, 0.3) is 11.5 Å². The molecular formula is C24H26N4O4. The van der Waals surface area contributed by atoms with Crippen molar-refractivity contribution in [3.63, 3.8) is 0 Å². The van der Waals surface area contributed by atoms with Gasteiger partial charge in [-0.2, -0.15) is 5.10 Å². The monoisotopic (exact) mass is 434 g/mol. The van der Waals surface area contributed by atoms with E-state index in [1.165, 1.54) is 28.9 Å². The number of carboxylic acid groups (broad SMARTS) is 1. The highest BCUT2D eigenvalue weighted by Crippen LogP contribution is 2.23. The predicted octanol–water partition coefficient (Wildman–Crippen LogP) is 3.62. The quantitative estimate of drug-likeness (QED) is 0.420. The largest absolute Gasteiger partial charge is 0.478 e. The van der Waals surface area contributed by atoms with E-state index >= 15 is 0 Å². The molecule has 3 aromatic rings.